The number of hydrogen-bond donors (Lipinski definition) is 2. The maximum atomic E-state index is 12.1. The van der Waals surface area contributed by atoms with Gasteiger partial charge in [0.25, 0.3) is 5.91 Å². The van der Waals surface area contributed by atoms with Gasteiger partial charge in [-0.1, -0.05) is 6.92 Å². The summed E-state index contributed by atoms with van der Waals surface area (Å²) in [4.78, 5) is 17.2. The predicted molar refractivity (Wildman–Crippen MR) is 79.6 cm³/mol. The first-order valence-electron chi connectivity index (χ1n) is 6.46. The van der Waals surface area contributed by atoms with Crippen LogP contribution in [-0.2, 0) is 7.05 Å². The van der Waals surface area contributed by atoms with Crippen LogP contribution in [0.1, 0.15) is 22.3 Å². The van der Waals surface area contributed by atoms with Crippen molar-refractivity contribution in [3.8, 4) is 10.6 Å². The van der Waals surface area contributed by atoms with Crippen LogP contribution < -0.4 is 11.1 Å². The lowest BCUT2D eigenvalue weighted by atomic mass is 10.2. The van der Waals surface area contributed by atoms with E-state index in [4.69, 9.17) is 5.73 Å². The van der Waals surface area contributed by atoms with Crippen LogP contribution in [0.4, 0.5) is 0 Å². The van der Waals surface area contributed by atoms with E-state index in [0.717, 1.165) is 16.3 Å². The predicted octanol–water partition coefficient (Wildman–Crippen LogP) is 1.18. The number of nitrogens with two attached hydrogens (primary N) is 1. The van der Waals surface area contributed by atoms with Crippen molar-refractivity contribution in [3.05, 3.63) is 23.0 Å². The maximum Gasteiger partial charge on any atom is 0.263 e. The summed E-state index contributed by atoms with van der Waals surface area (Å²) in [7, 11) is 1.85. The fourth-order valence-electron chi connectivity index (χ4n) is 1.69. The molecule has 0 saturated carbocycles. The van der Waals surface area contributed by atoms with Gasteiger partial charge in [-0.2, -0.15) is 5.10 Å². The van der Waals surface area contributed by atoms with E-state index in [-0.39, 0.29) is 11.8 Å². The summed E-state index contributed by atoms with van der Waals surface area (Å²) in [6, 6.07) is 0. The Kier molecular flexibility index (Phi) is 4.51. The van der Waals surface area contributed by atoms with Crippen LogP contribution in [0, 0.1) is 12.8 Å². The van der Waals surface area contributed by atoms with Crippen molar-refractivity contribution in [3.63, 3.8) is 0 Å². The van der Waals surface area contributed by atoms with Gasteiger partial charge < -0.3 is 11.1 Å². The summed E-state index contributed by atoms with van der Waals surface area (Å²) in [5.74, 6) is 0.181. The Labute approximate surface area is 122 Å². The molecular formula is C13H19N5OS. The molecule has 2 rings (SSSR count). The molecular weight excluding hydrogens is 274 g/mol. The second-order valence-electron chi connectivity index (χ2n) is 4.89. The zero-order valence-corrected chi connectivity index (χ0v) is 12.7. The van der Waals surface area contributed by atoms with Gasteiger partial charge in [-0.15, -0.1) is 11.3 Å². The topological polar surface area (TPSA) is 85.8 Å². The number of nitrogens with zero attached hydrogens (tertiary/aromatic N) is 3. The van der Waals surface area contributed by atoms with Crippen LogP contribution in [-0.4, -0.2) is 33.8 Å². The fraction of sp³-hybridized carbons (Fsp3) is 0.462. The lowest BCUT2D eigenvalue weighted by Crippen LogP contribution is -2.31. The van der Waals surface area contributed by atoms with Crippen molar-refractivity contribution in [1.29, 1.82) is 0 Å². The van der Waals surface area contributed by atoms with E-state index < -0.39 is 0 Å². The Morgan fingerprint density at radius 1 is 1.60 bits per heavy atom. The highest BCUT2D eigenvalue weighted by molar-refractivity contribution is 7.17. The van der Waals surface area contributed by atoms with Crippen molar-refractivity contribution in [1.82, 2.24) is 20.1 Å². The molecule has 0 spiro atoms. The molecule has 2 aromatic heterocycles. The van der Waals surface area contributed by atoms with Gasteiger partial charge in [0, 0.05) is 25.4 Å². The molecule has 20 heavy (non-hydrogen) atoms. The molecule has 0 aliphatic carbocycles. The average molecular weight is 293 g/mol. The number of nitrogens with one attached hydrogen (secondary N) is 1. The first kappa shape index (κ1) is 14.7. The Balaban J connectivity index is 2.13. The van der Waals surface area contributed by atoms with Gasteiger partial charge >= 0.3 is 0 Å². The van der Waals surface area contributed by atoms with Gasteiger partial charge in [-0.25, -0.2) is 4.98 Å². The van der Waals surface area contributed by atoms with E-state index in [1.165, 1.54) is 11.3 Å². The van der Waals surface area contributed by atoms with Crippen LogP contribution in [0.25, 0.3) is 10.6 Å². The SMILES string of the molecule is Cc1nc(-c2cnn(C)c2)sc1C(=O)NCC(C)CN. The molecule has 0 fully saturated rings. The van der Waals surface area contributed by atoms with Crippen molar-refractivity contribution >= 4 is 17.2 Å². The van der Waals surface area contributed by atoms with E-state index in [1.54, 1.807) is 10.9 Å². The summed E-state index contributed by atoms with van der Waals surface area (Å²) < 4.78 is 1.72. The molecule has 6 nitrogen and oxygen atoms in total. The van der Waals surface area contributed by atoms with Crippen molar-refractivity contribution < 1.29 is 4.79 Å². The molecule has 1 unspecified atom stereocenters. The van der Waals surface area contributed by atoms with Crippen LogP contribution in [0.15, 0.2) is 12.4 Å². The minimum Gasteiger partial charge on any atom is -0.351 e. The highest BCUT2D eigenvalue weighted by Crippen LogP contribution is 2.27. The minimum atomic E-state index is -0.0876. The molecule has 1 amide bonds. The molecule has 0 aliphatic rings. The summed E-state index contributed by atoms with van der Waals surface area (Å²) in [5.41, 5.74) is 7.21. The molecule has 108 valence electrons. The van der Waals surface area contributed by atoms with E-state index in [9.17, 15) is 4.79 Å². The van der Waals surface area contributed by atoms with Crippen LogP contribution in [0.5, 0.6) is 0 Å². The molecule has 2 aromatic rings. The van der Waals surface area contributed by atoms with Gasteiger partial charge in [0.1, 0.15) is 9.88 Å². The third kappa shape index (κ3) is 3.23. The van der Waals surface area contributed by atoms with Crippen molar-refractivity contribution in [2.24, 2.45) is 18.7 Å². The first-order valence-corrected chi connectivity index (χ1v) is 7.27. The average Bonchev–Trinajstić information content (AvgIpc) is 3.01. The lowest BCUT2D eigenvalue weighted by Gasteiger charge is -2.09. The maximum absolute atomic E-state index is 12.1. The third-order valence-corrected chi connectivity index (χ3v) is 4.17. The monoisotopic (exact) mass is 293 g/mol. The molecule has 0 aromatic carbocycles. The number of amides is 1. The number of carbonyl (C=O) groups excluding carboxylic acids is 1. The molecule has 0 radical (unpaired) electrons. The van der Waals surface area contributed by atoms with Crippen molar-refractivity contribution in [2.75, 3.05) is 13.1 Å². The Morgan fingerprint density at radius 3 is 2.95 bits per heavy atom. The Hall–Kier alpha value is -1.73. The molecule has 7 heteroatoms. The zero-order chi connectivity index (χ0) is 14.7. The number of rotatable bonds is 5. The smallest absolute Gasteiger partial charge is 0.263 e. The van der Waals surface area contributed by atoms with E-state index >= 15 is 0 Å². The van der Waals surface area contributed by atoms with E-state index in [0.29, 0.717) is 18.0 Å². The summed E-state index contributed by atoms with van der Waals surface area (Å²) >= 11 is 1.39. The molecule has 3 N–H and O–H groups in total. The largest absolute Gasteiger partial charge is 0.351 e. The van der Waals surface area contributed by atoms with E-state index in [2.05, 4.69) is 15.4 Å². The summed E-state index contributed by atoms with van der Waals surface area (Å²) in [6.07, 6.45) is 3.63. The molecule has 0 saturated heterocycles. The molecule has 0 bridgehead atoms. The number of aryl methyl sites for hydroxylation is 2. The Morgan fingerprint density at radius 2 is 2.35 bits per heavy atom. The second kappa shape index (κ2) is 6.15. The normalized spacial score (nSPS) is 12.4. The summed E-state index contributed by atoms with van der Waals surface area (Å²) in [5, 5.41) is 7.82. The highest BCUT2D eigenvalue weighted by Gasteiger charge is 2.17. The number of carbonyl (C=O) groups is 1. The van der Waals surface area contributed by atoms with Crippen LogP contribution >= 0.6 is 11.3 Å². The number of aromatic nitrogens is 3. The molecule has 1 atom stereocenters. The third-order valence-electron chi connectivity index (χ3n) is 2.97. The first-order chi connectivity index (χ1) is 9.51. The number of thiazole rings is 1. The molecule has 2 heterocycles. The van der Waals surface area contributed by atoms with Crippen molar-refractivity contribution in [2.45, 2.75) is 13.8 Å². The lowest BCUT2D eigenvalue weighted by molar-refractivity contribution is 0.0952. The fourth-order valence-corrected chi connectivity index (χ4v) is 2.65. The molecule has 0 aliphatic heterocycles. The van der Waals surface area contributed by atoms with Gasteiger partial charge in [0.05, 0.1) is 11.9 Å². The van der Waals surface area contributed by atoms with E-state index in [1.807, 2.05) is 27.1 Å². The van der Waals surface area contributed by atoms with Gasteiger partial charge in [-0.05, 0) is 19.4 Å². The second-order valence-corrected chi connectivity index (χ2v) is 5.89. The van der Waals surface area contributed by atoms with Gasteiger partial charge in [0.2, 0.25) is 0 Å². The standard InChI is InChI=1S/C13H19N5OS/c1-8(4-14)5-15-12(19)11-9(2)17-13(20-11)10-6-16-18(3)7-10/h6-8H,4-5,14H2,1-3H3,(H,15,19). The minimum absolute atomic E-state index is 0.0876. The zero-order valence-electron chi connectivity index (χ0n) is 11.9. The Bertz CT molecular complexity index is 604. The highest BCUT2D eigenvalue weighted by atomic mass is 32.1. The quantitative estimate of drug-likeness (QED) is 0.866. The van der Waals surface area contributed by atoms with Gasteiger partial charge in [-0.3, -0.25) is 9.48 Å². The van der Waals surface area contributed by atoms with Crippen LogP contribution in [0.2, 0.25) is 0 Å². The summed E-state index contributed by atoms with van der Waals surface area (Å²) in [6.45, 7) is 4.98. The van der Waals surface area contributed by atoms with Crippen LogP contribution in [0.3, 0.4) is 0 Å². The van der Waals surface area contributed by atoms with Gasteiger partial charge in [0.15, 0.2) is 0 Å². The number of hydrogen-bond acceptors (Lipinski definition) is 5.